The third-order valence-corrected chi connectivity index (χ3v) is 6.91. The normalized spacial score (nSPS) is 16.6. The van der Waals surface area contributed by atoms with E-state index < -0.39 is 10.0 Å². The Bertz CT molecular complexity index is 676. The number of hydrogen-bond donors (Lipinski definition) is 2. The molecule has 0 aliphatic carbocycles. The van der Waals surface area contributed by atoms with Crippen LogP contribution in [-0.2, 0) is 16.6 Å². The Kier molecular flexibility index (Phi) is 8.35. The second-order valence-corrected chi connectivity index (χ2v) is 9.26. The molecule has 140 valence electrons. The van der Waals surface area contributed by atoms with E-state index in [0.29, 0.717) is 43.7 Å². The van der Waals surface area contributed by atoms with Crippen LogP contribution >= 0.6 is 23.4 Å². The van der Waals surface area contributed by atoms with Gasteiger partial charge in [-0.2, -0.15) is 11.8 Å². The molecule has 6 nitrogen and oxygen atoms in total. The standard InChI is InChI=1S/C16H25ClN4O2S2/c1-2-18-16(20-13-14-5-3-4-6-15(14)17)19-7-12-25(22,23)21-8-10-24-11-9-21/h3-6H,2,7-13H2,1H3,(H2,18,19,20). The summed E-state index contributed by atoms with van der Waals surface area (Å²) in [7, 11) is -3.21. The van der Waals surface area contributed by atoms with Crippen LogP contribution in [0, 0.1) is 0 Å². The maximum Gasteiger partial charge on any atom is 0.215 e. The number of guanidine groups is 1. The van der Waals surface area contributed by atoms with Gasteiger partial charge in [0.15, 0.2) is 5.96 Å². The molecule has 0 spiro atoms. The van der Waals surface area contributed by atoms with Gasteiger partial charge in [0.2, 0.25) is 10.0 Å². The van der Waals surface area contributed by atoms with Crippen molar-refractivity contribution in [1.29, 1.82) is 0 Å². The van der Waals surface area contributed by atoms with E-state index in [4.69, 9.17) is 11.6 Å². The molecule has 0 amide bonds. The first-order valence-electron chi connectivity index (χ1n) is 8.34. The monoisotopic (exact) mass is 404 g/mol. The molecule has 9 heteroatoms. The molecule has 1 heterocycles. The summed E-state index contributed by atoms with van der Waals surface area (Å²) in [4.78, 5) is 4.47. The molecule has 1 aromatic carbocycles. The molecule has 0 atom stereocenters. The topological polar surface area (TPSA) is 73.8 Å². The molecule has 2 rings (SSSR count). The van der Waals surface area contributed by atoms with Crippen LogP contribution in [0.4, 0.5) is 0 Å². The van der Waals surface area contributed by atoms with E-state index in [1.165, 1.54) is 0 Å². The van der Waals surface area contributed by atoms with Crippen LogP contribution in [-0.4, -0.2) is 62.1 Å². The van der Waals surface area contributed by atoms with Gasteiger partial charge in [0, 0.05) is 42.7 Å². The van der Waals surface area contributed by atoms with E-state index >= 15 is 0 Å². The van der Waals surface area contributed by atoms with E-state index in [0.717, 1.165) is 17.1 Å². The van der Waals surface area contributed by atoms with Crippen molar-refractivity contribution < 1.29 is 8.42 Å². The van der Waals surface area contributed by atoms with E-state index in [1.807, 2.05) is 31.2 Å². The van der Waals surface area contributed by atoms with Gasteiger partial charge in [0.05, 0.1) is 12.3 Å². The SMILES string of the molecule is CCNC(=NCc1ccccc1Cl)NCCS(=O)(=O)N1CCSCC1. The number of rotatable bonds is 7. The first-order chi connectivity index (χ1) is 12.0. The van der Waals surface area contributed by atoms with Crippen molar-refractivity contribution in [3.05, 3.63) is 34.9 Å². The molecule has 1 aliphatic rings. The minimum Gasteiger partial charge on any atom is -0.357 e. The Hall–Kier alpha value is -0.960. The highest BCUT2D eigenvalue weighted by Crippen LogP contribution is 2.15. The molecule has 25 heavy (non-hydrogen) atoms. The van der Waals surface area contributed by atoms with E-state index in [9.17, 15) is 8.42 Å². The van der Waals surface area contributed by atoms with Gasteiger partial charge in [-0.05, 0) is 18.6 Å². The van der Waals surface area contributed by atoms with Gasteiger partial charge in [-0.1, -0.05) is 29.8 Å². The lowest BCUT2D eigenvalue weighted by atomic mass is 10.2. The number of nitrogens with one attached hydrogen (secondary N) is 2. The predicted molar refractivity (Wildman–Crippen MR) is 107 cm³/mol. The molecule has 1 saturated heterocycles. The van der Waals surface area contributed by atoms with E-state index in [-0.39, 0.29) is 5.75 Å². The number of aliphatic imine (C=N–C) groups is 1. The molecular weight excluding hydrogens is 380 g/mol. The first-order valence-corrected chi connectivity index (χ1v) is 11.5. The predicted octanol–water partition coefficient (Wildman–Crippen LogP) is 1.77. The van der Waals surface area contributed by atoms with Crippen molar-refractivity contribution in [3.63, 3.8) is 0 Å². The Morgan fingerprint density at radius 3 is 2.68 bits per heavy atom. The van der Waals surface area contributed by atoms with Gasteiger partial charge in [0.25, 0.3) is 0 Å². The van der Waals surface area contributed by atoms with Crippen LogP contribution < -0.4 is 10.6 Å². The molecule has 1 fully saturated rings. The summed E-state index contributed by atoms with van der Waals surface area (Å²) in [6.45, 7) is 4.63. The summed E-state index contributed by atoms with van der Waals surface area (Å²) >= 11 is 7.93. The second-order valence-electron chi connectivity index (χ2n) is 5.54. The zero-order valence-corrected chi connectivity index (χ0v) is 16.8. The quantitative estimate of drug-likeness (QED) is 0.535. The highest BCUT2D eigenvalue weighted by Gasteiger charge is 2.23. The molecule has 2 N–H and O–H groups in total. The first kappa shape index (κ1) is 20.4. The van der Waals surface area contributed by atoms with Gasteiger partial charge in [-0.25, -0.2) is 17.7 Å². The molecule has 0 bridgehead atoms. The Morgan fingerprint density at radius 2 is 2.00 bits per heavy atom. The van der Waals surface area contributed by atoms with Crippen molar-refractivity contribution in [2.75, 3.05) is 43.4 Å². The smallest absolute Gasteiger partial charge is 0.215 e. The van der Waals surface area contributed by atoms with Crippen LogP contribution in [0.25, 0.3) is 0 Å². The van der Waals surface area contributed by atoms with Crippen LogP contribution in [0.2, 0.25) is 5.02 Å². The van der Waals surface area contributed by atoms with Crippen LogP contribution in [0.5, 0.6) is 0 Å². The third kappa shape index (κ3) is 6.69. The zero-order chi connectivity index (χ0) is 18.1. The number of halogens is 1. The summed E-state index contributed by atoms with van der Waals surface area (Å²) < 4.78 is 26.3. The van der Waals surface area contributed by atoms with Crippen molar-refractivity contribution >= 4 is 39.3 Å². The Morgan fingerprint density at radius 1 is 1.28 bits per heavy atom. The summed E-state index contributed by atoms with van der Waals surface area (Å²) in [6, 6.07) is 7.55. The molecular formula is C16H25ClN4O2S2. The fraction of sp³-hybridized carbons (Fsp3) is 0.562. The molecule has 1 aromatic rings. The zero-order valence-electron chi connectivity index (χ0n) is 14.4. The van der Waals surface area contributed by atoms with Gasteiger partial charge >= 0.3 is 0 Å². The molecule has 0 radical (unpaired) electrons. The summed E-state index contributed by atoms with van der Waals surface area (Å²) in [5.41, 5.74) is 0.930. The molecule has 0 aromatic heterocycles. The Labute approximate surface area is 159 Å². The van der Waals surface area contributed by atoms with Crippen LogP contribution in [0.3, 0.4) is 0 Å². The lowest BCUT2D eigenvalue weighted by Crippen LogP contribution is -2.44. The lowest BCUT2D eigenvalue weighted by molar-refractivity contribution is 0.443. The maximum absolute atomic E-state index is 12.3. The van der Waals surface area contributed by atoms with E-state index in [2.05, 4.69) is 15.6 Å². The summed E-state index contributed by atoms with van der Waals surface area (Å²) in [5.74, 6) is 2.39. The molecule has 1 aliphatic heterocycles. The third-order valence-electron chi connectivity index (χ3n) is 3.73. The van der Waals surface area contributed by atoms with Gasteiger partial charge < -0.3 is 10.6 Å². The van der Waals surface area contributed by atoms with Crippen molar-refractivity contribution in [3.8, 4) is 0 Å². The number of benzene rings is 1. The van der Waals surface area contributed by atoms with Crippen molar-refractivity contribution in [2.45, 2.75) is 13.5 Å². The molecule has 0 unspecified atom stereocenters. The van der Waals surface area contributed by atoms with E-state index in [1.54, 1.807) is 16.1 Å². The highest BCUT2D eigenvalue weighted by molar-refractivity contribution is 7.99. The second kappa shape index (κ2) is 10.3. The number of thioether (sulfide) groups is 1. The summed E-state index contributed by atoms with van der Waals surface area (Å²) in [5, 5.41) is 6.89. The average molecular weight is 405 g/mol. The average Bonchev–Trinajstić information content (AvgIpc) is 2.61. The number of nitrogens with zero attached hydrogens (tertiary/aromatic N) is 2. The van der Waals surface area contributed by atoms with Gasteiger partial charge in [-0.3, -0.25) is 0 Å². The fourth-order valence-corrected chi connectivity index (χ4v) is 5.07. The van der Waals surface area contributed by atoms with Crippen LogP contribution in [0.15, 0.2) is 29.3 Å². The lowest BCUT2D eigenvalue weighted by Gasteiger charge is -2.25. The minimum atomic E-state index is -3.21. The van der Waals surface area contributed by atoms with Crippen molar-refractivity contribution in [1.82, 2.24) is 14.9 Å². The van der Waals surface area contributed by atoms with Gasteiger partial charge in [-0.15, -0.1) is 0 Å². The maximum atomic E-state index is 12.3. The fourth-order valence-electron chi connectivity index (χ4n) is 2.38. The van der Waals surface area contributed by atoms with Crippen molar-refractivity contribution in [2.24, 2.45) is 4.99 Å². The minimum absolute atomic E-state index is 0.0637. The number of hydrogen-bond acceptors (Lipinski definition) is 4. The van der Waals surface area contributed by atoms with Crippen LogP contribution in [0.1, 0.15) is 12.5 Å². The van der Waals surface area contributed by atoms with Gasteiger partial charge in [0.1, 0.15) is 0 Å². The summed E-state index contributed by atoms with van der Waals surface area (Å²) in [6.07, 6.45) is 0. The highest BCUT2D eigenvalue weighted by atomic mass is 35.5. The largest absolute Gasteiger partial charge is 0.357 e. The molecule has 0 saturated carbocycles. The Balaban J connectivity index is 1.88. The number of sulfonamides is 1.